The molecule has 1 saturated heterocycles. The lowest BCUT2D eigenvalue weighted by atomic mass is 9.94. The smallest absolute Gasteiger partial charge is 0.235 e. The van der Waals surface area contributed by atoms with Crippen LogP contribution in [0.15, 0.2) is 54.6 Å². The number of carbonyl (C=O) groups excluding carboxylic acids is 1. The van der Waals surface area contributed by atoms with Crippen LogP contribution in [-0.4, -0.2) is 30.7 Å². The predicted molar refractivity (Wildman–Crippen MR) is 98.7 cm³/mol. The lowest BCUT2D eigenvalue weighted by Crippen LogP contribution is -2.43. The van der Waals surface area contributed by atoms with E-state index in [1.54, 1.807) is 7.11 Å². The van der Waals surface area contributed by atoms with Gasteiger partial charge in [0.15, 0.2) is 0 Å². The Balaban J connectivity index is 1.58. The summed E-state index contributed by atoms with van der Waals surface area (Å²) in [6, 6.07) is 18.1. The normalized spacial score (nSPS) is 24.3. The minimum absolute atomic E-state index is 0.150. The highest BCUT2D eigenvalue weighted by atomic mass is 35.5. The van der Waals surface area contributed by atoms with E-state index in [-0.39, 0.29) is 17.6 Å². The number of hydrogen-bond acceptors (Lipinski definition) is 2. The number of hydrogen-bond donors (Lipinski definition) is 0. The van der Waals surface area contributed by atoms with Crippen molar-refractivity contribution in [2.75, 3.05) is 13.7 Å². The highest BCUT2D eigenvalue weighted by Gasteiger charge is 2.55. The molecule has 2 atom stereocenters. The third-order valence-corrected chi connectivity index (χ3v) is 5.86. The third-order valence-electron chi connectivity index (χ3n) is 5.61. The van der Waals surface area contributed by atoms with E-state index in [1.807, 2.05) is 35.2 Å². The van der Waals surface area contributed by atoms with E-state index in [0.29, 0.717) is 10.9 Å². The molecule has 4 rings (SSSR count). The Morgan fingerprint density at radius 2 is 1.80 bits per heavy atom. The van der Waals surface area contributed by atoms with E-state index in [9.17, 15) is 4.79 Å². The molecule has 2 fully saturated rings. The number of methoxy groups -OCH3 is 1. The number of benzene rings is 2. The van der Waals surface area contributed by atoms with Crippen molar-refractivity contribution in [2.45, 2.75) is 36.8 Å². The molecule has 0 N–H and O–H groups in total. The average Bonchev–Trinajstić information content (AvgIpc) is 3.35. The van der Waals surface area contributed by atoms with E-state index in [2.05, 4.69) is 24.3 Å². The molecule has 1 aliphatic heterocycles. The van der Waals surface area contributed by atoms with Crippen molar-refractivity contribution in [3.8, 4) is 0 Å². The molecule has 1 heterocycles. The van der Waals surface area contributed by atoms with Crippen LogP contribution in [0.4, 0.5) is 0 Å². The minimum atomic E-state index is -0.382. The Hall–Kier alpha value is -1.84. The second-order valence-corrected chi connectivity index (χ2v) is 7.52. The first-order valence-corrected chi connectivity index (χ1v) is 9.17. The second-order valence-electron chi connectivity index (χ2n) is 7.08. The van der Waals surface area contributed by atoms with Crippen LogP contribution in [0.2, 0.25) is 5.02 Å². The van der Waals surface area contributed by atoms with Crippen molar-refractivity contribution >= 4 is 17.5 Å². The molecule has 2 aromatic rings. The van der Waals surface area contributed by atoms with Gasteiger partial charge in [0, 0.05) is 31.0 Å². The van der Waals surface area contributed by atoms with Gasteiger partial charge in [-0.05, 0) is 36.1 Å². The topological polar surface area (TPSA) is 29.5 Å². The first kappa shape index (κ1) is 16.6. The summed E-state index contributed by atoms with van der Waals surface area (Å²) in [5.41, 5.74) is 1.96. The molecule has 130 valence electrons. The van der Waals surface area contributed by atoms with Gasteiger partial charge in [-0.3, -0.25) is 4.79 Å². The van der Waals surface area contributed by atoms with Crippen LogP contribution < -0.4 is 0 Å². The Morgan fingerprint density at radius 1 is 1.12 bits per heavy atom. The summed E-state index contributed by atoms with van der Waals surface area (Å²) in [4.78, 5) is 15.3. The van der Waals surface area contributed by atoms with Crippen LogP contribution in [0.1, 0.15) is 36.3 Å². The predicted octanol–water partition coefficient (Wildman–Crippen LogP) is 4.36. The van der Waals surface area contributed by atoms with Crippen molar-refractivity contribution in [3.63, 3.8) is 0 Å². The fourth-order valence-electron chi connectivity index (χ4n) is 4.00. The Morgan fingerprint density at radius 3 is 2.40 bits per heavy atom. The van der Waals surface area contributed by atoms with Crippen LogP contribution in [0.5, 0.6) is 0 Å². The molecule has 25 heavy (non-hydrogen) atoms. The van der Waals surface area contributed by atoms with Gasteiger partial charge in [-0.25, -0.2) is 0 Å². The molecule has 1 saturated carbocycles. The summed E-state index contributed by atoms with van der Waals surface area (Å²) in [6.07, 6.45) is 2.50. The standard InChI is InChI=1S/C21H22ClNO2/c1-25-19-13-16(15-5-3-2-4-6-15)14-23(19)20(24)21(11-12-21)17-7-9-18(22)10-8-17/h2-10,16,19H,11-14H2,1H3. The number of ether oxygens (including phenoxy) is 1. The summed E-state index contributed by atoms with van der Waals surface area (Å²) >= 11 is 6.01. The molecule has 2 aliphatic rings. The van der Waals surface area contributed by atoms with Crippen molar-refractivity contribution in [3.05, 3.63) is 70.7 Å². The Kier molecular flexibility index (Phi) is 4.30. The summed E-state index contributed by atoms with van der Waals surface area (Å²) in [5.74, 6) is 0.524. The van der Waals surface area contributed by atoms with Crippen LogP contribution in [0.3, 0.4) is 0 Å². The molecule has 1 aliphatic carbocycles. The summed E-state index contributed by atoms with van der Waals surface area (Å²) < 4.78 is 5.66. The third kappa shape index (κ3) is 2.96. The zero-order valence-corrected chi connectivity index (χ0v) is 15.1. The number of nitrogens with zero attached hydrogens (tertiary/aromatic N) is 1. The molecule has 0 aromatic heterocycles. The average molecular weight is 356 g/mol. The van der Waals surface area contributed by atoms with E-state index in [1.165, 1.54) is 5.56 Å². The van der Waals surface area contributed by atoms with E-state index < -0.39 is 0 Å². The zero-order valence-electron chi connectivity index (χ0n) is 14.3. The maximum absolute atomic E-state index is 13.4. The number of halogens is 1. The van der Waals surface area contributed by atoms with Gasteiger partial charge in [0.05, 0.1) is 5.41 Å². The van der Waals surface area contributed by atoms with Crippen LogP contribution in [0.25, 0.3) is 0 Å². The van der Waals surface area contributed by atoms with Gasteiger partial charge in [0.2, 0.25) is 5.91 Å². The molecule has 2 aromatic carbocycles. The molecular formula is C21H22ClNO2. The van der Waals surface area contributed by atoms with E-state index in [0.717, 1.165) is 31.4 Å². The highest BCUT2D eigenvalue weighted by Crippen LogP contribution is 2.51. The van der Waals surface area contributed by atoms with Crippen LogP contribution in [0, 0.1) is 0 Å². The first-order valence-electron chi connectivity index (χ1n) is 8.79. The van der Waals surface area contributed by atoms with Gasteiger partial charge >= 0.3 is 0 Å². The monoisotopic (exact) mass is 355 g/mol. The quantitative estimate of drug-likeness (QED) is 0.815. The van der Waals surface area contributed by atoms with Gasteiger partial charge in [0.25, 0.3) is 0 Å². The first-order chi connectivity index (χ1) is 12.1. The fourth-order valence-corrected chi connectivity index (χ4v) is 4.12. The fraction of sp³-hybridized carbons (Fsp3) is 0.381. The van der Waals surface area contributed by atoms with Gasteiger partial charge in [-0.2, -0.15) is 0 Å². The molecule has 4 heteroatoms. The largest absolute Gasteiger partial charge is 0.362 e. The lowest BCUT2D eigenvalue weighted by Gasteiger charge is -2.28. The van der Waals surface area contributed by atoms with Crippen molar-refractivity contribution in [1.29, 1.82) is 0 Å². The highest BCUT2D eigenvalue weighted by molar-refractivity contribution is 6.30. The van der Waals surface area contributed by atoms with Gasteiger partial charge in [0.1, 0.15) is 6.23 Å². The number of likely N-dealkylation sites (tertiary alicyclic amines) is 1. The summed E-state index contributed by atoms with van der Waals surface area (Å²) in [6.45, 7) is 0.719. The molecule has 1 amide bonds. The summed E-state index contributed by atoms with van der Waals surface area (Å²) in [7, 11) is 1.69. The van der Waals surface area contributed by atoms with Crippen molar-refractivity contribution < 1.29 is 9.53 Å². The Bertz CT molecular complexity index is 755. The van der Waals surface area contributed by atoms with E-state index in [4.69, 9.17) is 16.3 Å². The molecule has 3 nitrogen and oxygen atoms in total. The minimum Gasteiger partial charge on any atom is -0.362 e. The molecule has 0 bridgehead atoms. The molecule has 2 unspecified atom stereocenters. The molecule has 0 spiro atoms. The zero-order chi connectivity index (χ0) is 17.4. The van der Waals surface area contributed by atoms with Crippen LogP contribution in [-0.2, 0) is 14.9 Å². The number of amides is 1. The maximum Gasteiger partial charge on any atom is 0.235 e. The lowest BCUT2D eigenvalue weighted by molar-refractivity contribution is -0.142. The second kappa shape index (κ2) is 6.47. The van der Waals surface area contributed by atoms with Crippen LogP contribution >= 0.6 is 11.6 Å². The van der Waals surface area contributed by atoms with Gasteiger partial charge in [-0.15, -0.1) is 0 Å². The summed E-state index contributed by atoms with van der Waals surface area (Å²) in [5, 5.41) is 0.701. The van der Waals surface area contributed by atoms with Gasteiger partial charge < -0.3 is 9.64 Å². The van der Waals surface area contributed by atoms with E-state index >= 15 is 0 Å². The Labute approximate surface area is 153 Å². The number of rotatable bonds is 4. The molecular weight excluding hydrogens is 334 g/mol. The SMILES string of the molecule is COC1CC(c2ccccc2)CN1C(=O)C1(c2ccc(Cl)cc2)CC1. The number of carbonyl (C=O) groups is 1. The van der Waals surface area contributed by atoms with Crippen molar-refractivity contribution in [1.82, 2.24) is 4.90 Å². The molecule has 0 radical (unpaired) electrons. The maximum atomic E-state index is 13.4. The van der Waals surface area contributed by atoms with Gasteiger partial charge in [-0.1, -0.05) is 54.1 Å². The van der Waals surface area contributed by atoms with Crippen molar-refractivity contribution in [2.24, 2.45) is 0 Å².